The molecular weight excluding hydrogens is 368 g/mol. The minimum atomic E-state index is -0.193. The standard InChI is InChI=1S/C18H20N4O2S2/c1-10(2)25-14-7-5-13(6-8-14)9-15(23)20-18-22-21-17(24-18)16-11(3)19-12(4)26-16/h5-8,10H,9H2,1-4H3,(H,20,22,23). The number of hydrogen-bond acceptors (Lipinski definition) is 7. The van der Waals surface area contributed by atoms with Gasteiger partial charge in [0.15, 0.2) is 0 Å². The van der Waals surface area contributed by atoms with Crippen LogP contribution in [0.25, 0.3) is 10.8 Å². The molecule has 0 aliphatic rings. The number of aryl methyl sites for hydroxylation is 2. The van der Waals surface area contributed by atoms with Crippen molar-refractivity contribution in [1.29, 1.82) is 0 Å². The van der Waals surface area contributed by atoms with Crippen LogP contribution in [0.4, 0.5) is 6.01 Å². The molecule has 0 spiro atoms. The molecule has 136 valence electrons. The highest BCUT2D eigenvalue weighted by atomic mass is 32.2. The first-order chi connectivity index (χ1) is 12.4. The first-order valence-electron chi connectivity index (χ1n) is 8.24. The van der Waals surface area contributed by atoms with Crippen LogP contribution in [-0.4, -0.2) is 26.3 Å². The molecule has 0 saturated heterocycles. The average molecular weight is 389 g/mol. The Bertz CT molecular complexity index is 900. The van der Waals surface area contributed by atoms with E-state index in [4.69, 9.17) is 4.42 Å². The molecule has 1 aromatic carbocycles. The van der Waals surface area contributed by atoms with Gasteiger partial charge in [-0.15, -0.1) is 28.2 Å². The second-order valence-corrected chi connectivity index (χ2v) is 8.95. The molecule has 0 fully saturated rings. The molecule has 0 radical (unpaired) electrons. The lowest BCUT2D eigenvalue weighted by atomic mass is 10.1. The lowest BCUT2D eigenvalue weighted by Gasteiger charge is -2.06. The Labute approximate surface area is 160 Å². The van der Waals surface area contributed by atoms with E-state index in [1.54, 1.807) is 11.8 Å². The third-order valence-corrected chi connectivity index (χ3v) is 5.51. The lowest BCUT2D eigenvalue weighted by molar-refractivity contribution is -0.115. The molecule has 8 heteroatoms. The van der Waals surface area contributed by atoms with E-state index in [1.165, 1.54) is 16.2 Å². The van der Waals surface area contributed by atoms with E-state index in [-0.39, 0.29) is 18.3 Å². The molecule has 6 nitrogen and oxygen atoms in total. The number of thiazole rings is 1. The molecule has 0 atom stereocenters. The minimum Gasteiger partial charge on any atom is -0.402 e. The fourth-order valence-electron chi connectivity index (χ4n) is 2.40. The van der Waals surface area contributed by atoms with Crippen molar-refractivity contribution < 1.29 is 9.21 Å². The quantitative estimate of drug-likeness (QED) is 0.627. The average Bonchev–Trinajstić information content (AvgIpc) is 3.14. The van der Waals surface area contributed by atoms with Crippen LogP contribution in [0.2, 0.25) is 0 Å². The summed E-state index contributed by atoms with van der Waals surface area (Å²) in [6.45, 7) is 8.12. The molecule has 3 rings (SSSR count). The highest BCUT2D eigenvalue weighted by molar-refractivity contribution is 7.99. The van der Waals surface area contributed by atoms with Crippen molar-refractivity contribution in [3.8, 4) is 10.8 Å². The van der Waals surface area contributed by atoms with E-state index in [9.17, 15) is 4.79 Å². The summed E-state index contributed by atoms with van der Waals surface area (Å²) in [6, 6.07) is 8.10. The van der Waals surface area contributed by atoms with Gasteiger partial charge >= 0.3 is 6.01 Å². The van der Waals surface area contributed by atoms with Gasteiger partial charge in [0.25, 0.3) is 5.89 Å². The summed E-state index contributed by atoms with van der Waals surface area (Å²) in [4.78, 5) is 18.6. The summed E-state index contributed by atoms with van der Waals surface area (Å²) in [6.07, 6.45) is 0.253. The van der Waals surface area contributed by atoms with Crippen molar-refractivity contribution in [1.82, 2.24) is 15.2 Å². The Balaban J connectivity index is 1.61. The highest BCUT2D eigenvalue weighted by Gasteiger charge is 2.16. The third-order valence-electron chi connectivity index (χ3n) is 3.43. The number of amides is 1. The maximum Gasteiger partial charge on any atom is 0.322 e. The molecule has 0 aliphatic carbocycles. The maximum absolute atomic E-state index is 12.2. The second kappa shape index (κ2) is 8.01. The predicted molar refractivity (Wildman–Crippen MR) is 105 cm³/mol. The molecule has 0 unspecified atom stereocenters. The van der Waals surface area contributed by atoms with E-state index in [0.717, 1.165) is 21.1 Å². The molecule has 26 heavy (non-hydrogen) atoms. The van der Waals surface area contributed by atoms with Gasteiger partial charge in [0.1, 0.15) is 4.88 Å². The highest BCUT2D eigenvalue weighted by Crippen LogP contribution is 2.29. The van der Waals surface area contributed by atoms with Crippen molar-refractivity contribution in [2.24, 2.45) is 0 Å². The van der Waals surface area contributed by atoms with Crippen molar-refractivity contribution in [3.63, 3.8) is 0 Å². The van der Waals surface area contributed by atoms with E-state index >= 15 is 0 Å². The van der Waals surface area contributed by atoms with Gasteiger partial charge in [-0.3, -0.25) is 10.1 Å². The van der Waals surface area contributed by atoms with Crippen LogP contribution in [0.1, 0.15) is 30.1 Å². The summed E-state index contributed by atoms with van der Waals surface area (Å²) in [5, 5.41) is 12.0. The van der Waals surface area contributed by atoms with Crippen LogP contribution < -0.4 is 5.32 Å². The van der Waals surface area contributed by atoms with Gasteiger partial charge in [-0.1, -0.05) is 31.1 Å². The zero-order valence-corrected chi connectivity index (χ0v) is 16.7. The van der Waals surface area contributed by atoms with Crippen LogP contribution in [0, 0.1) is 13.8 Å². The van der Waals surface area contributed by atoms with E-state index in [2.05, 4.69) is 34.3 Å². The Morgan fingerprint density at radius 1 is 1.23 bits per heavy atom. The van der Waals surface area contributed by atoms with Crippen molar-refractivity contribution in [2.45, 2.75) is 44.3 Å². The largest absolute Gasteiger partial charge is 0.402 e. The van der Waals surface area contributed by atoms with Gasteiger partial charge < -0.3 is 4.42 Å². The van der Waals surface area contributed by atoms with Crippen LogP contribution in [-0.2, 0) is 11.2 Å². The molecule has 3 aromatic rings. The van der Waals surface area contributed by atoms with Gasteiger partial charge in [0.2, 0.25) is 5.91 Å². The number of hydrogen-bond donors (Lipinski definition) is 1. The fourth-order valence-corrected chi connectivity index (χ4v) is 4.08. The summed E-state index contributed by atoms with van der Waals surface area (Å²) in [5.41, 5.74) is 1.78. The summed E-state index contributed by atoms with van der Waals surface area (Å²) in [5.74, 6) is 0.181. The number of rotatable bonds is 6. The normalized spacial score (nSPS) is 11.1. The SMILES string of the molecule is Cc1nc(C)c(-c2nnc(NC(=O)Cc3ccc(SC(C)C)cc3)o2)s1. The first kappa shape index (κ1) is 18.6. The molecular formula is C18H20N4O2S2. The topological polar surface area (TPSA) is 80.9 Å². The Kier molecular flexibility index (Phi) is 5.73. The molecule has 0 saturated carbocycles. The van der Waals surface area contributed by atoms with Crippen LogP contribution in [0.15, 0.2) is 33.6 Å². The van der Waals surface area contributed by atoms with Gasteiger partial charge in [0, 0.05) is 10.1 Å². The molecule has 0 bridgehead atoms. The Morgan fingerprint density at radius 3 is 2.58 bits per heavy atom. The van der Waals surface area contributed by atoms with Crippen LogP contribution >= 0.6 is 23.1 Å². The number of nitrogens with zero attached hydrogens (tertiary/aromatic N) is 3. The van der Waals surface area contributed by atoms with Crippen molar-refractivity contribution in [3.05, 3.63) is 40.5 Å². The predicted octanol–water partition coefficient (Wildman–Crippen LogP) is 4.49. The maximum atomic E-state index is 12.2. The fraction of sp³-hybridized carbons (Fsp3) is 0.333. The van der Waals surface area contributed by atoms with Crippen molar-refractivity contribution in [2.75, 3.05) is 5.32 Å². The zero-order valence-electron chi connectivity index (χ0n) is 15.1. The molecule has 1 amide bonds. The van der Waals surface area contributed by atoms with Crippen LogP contribution in [0.3, 0.4) is 0 Å². The monoisotopic (exact) mass is 388 g/mol. The number of benzene rings is 1. The Morgan fingerprint density at radius 2 is 1.96 bits per heavy atom. The van der Waals surface area contributed by atoms with Crippen molar-refractivity contribution >= 4 is 35.0 Å². The molecule has 2 aromatic heterocycles. The van der Waals surface area contributed by atoms with Crippen LogP contribution in [0.5, 0.6) is 0 Å². The summed E-state index contributed by atoms with van der Waals surface area (Å²) in [7, 11) is 0. The summed E-state index contributed by atoms with van der Waals surface area (Å²) >= 11 is 3.28. The van der Waals surface area contributed by atoms with Gasteiger partial charge in [-0.25, -0.2) is 4.98 Å². The van der Waals surface area contributed by atoms with E-state index < -0.39 is 0 Å². The minimum absolute atomic E-state index is 0.0995. The van der Waals surface area contributed by atoms with E-state index in [0.29, 0.717) is 11.1 Å². The number of carbonyl (C=O) groups is 1. The molecule has 1 N–H and O–H groups in total. The second-order valence-electron chi connectivity index (χ2n) is 6.10. The number of aromatic nitrogens is 3. The first-order valence-corrected chi connectivity index (χ1v) is 9.93. The van der Waals surface area contributed by atoms with Gasteiger partial charge in [0.05, 0.1) is 17.1 Å². The molecule has 2 heterocycles. The number of nitrogens with one attached hydrogen (secondary N) is 1. The smallest absolute Gasteiger partial charge is 0.322 e. The third kappa shape index (κ3) is 4.70. The Hall–Kier alpha value is -2.19. The number of anilines is 1. The van der Waals surface area contributed by atoms with E-state index in [1.807, 2.05) is 38.1 Å². The molecule has 0 aliphatic heterocycles. The van der Waals surface area contributed by atoms with Gasteiger partial charge in [-0.05, 0) is 31.5 Å². The zero-order chi connectivity index (χ0) is 18.7. The van der Waals surface area contributed by atoms with Gasteiger partial charge in [-0.2, -0.15) is 0 Å². The number of carbonyl (C=O) groups excluding carboxylic acids is 1. The lowest BCUT2D eigenvalue weighted by Crippen LogP contribution is -2.14. The summed E-state index contributed by atoms with van der Waals surface area (Å²) < 4.78 is 5.55. The number of thioether (sulfide) groups is 1.